The molecule has 2 aromatic rings. The number of halogens is 2. The van der Waals surface area contributed by atoms with E-state index >= 15 is 0 Å². The van der Waals surface area contributed by atoms with E-state index in [4.69, 9.17) is 4.74 Å². The van der Waals surface area contributed by atoms with Gasteiger partial charge >= 0.3 is 0 Å². The quantitative estimate of drug-likeness (QED) is 0.252. The van der Waals surface area contributed by atoms with Gasteiger partial charge in [-0.1, -0.05) is 12.1 Å². The van der Waals surface area contributed by atoms with E-state index in [0.29, 0.717) is 0 Å². The SMILES string of the molecule is CN=C(NCCCc1ccc(OC)cc1)N(C)Cc1cc(Br)cn1C.I. The Morgan fingerprint density at radius 1 is 1.31 bits per heavy atom. The molecule has 144 valence electrons. The third-order valence-corrected chi connectivity index (χ3v) is 4.57. The van der Waals surface area contributed by atoms with Gasteiger partial charge in [0.1, 0.15) is 5.75 Å². The Morgan fingerprint density at radius 3 is 2.54 bits per heavy atom. The van der Waals surface area contributed by atoms with Crippen LogP contribution < -0.4 is 10.1 Å². The number of aryl methyl sites for hydroxylation is 2. The van der Waals surface area contributed by atoms with Crippen LogP contribution in [-0.4, -0.2) is 43.2 Å². The first-order chi connectivity index (χ1) is 12.0. The molecule has 0 amide bonds. The second kappa shape index (κ2) is 11.5. The third kappa shape index (κ3) is 6.83. The molecule has 7 heteroatoms. The zero-order valence-corrected chi connectivity index (χ0v) is 19.7. The number of aromatic nitrogens is 1. The van der Waals surface area contributed by atoms with Crippen molar-refractivity contribution < 1.29 is 4.74 Å². The number of benzene rings is 1. The van der Waals surface area contributed by atoms with E-state index in [1.807, 2.05) is 19.2 Å². The smallest absolute Gasteiger partial charge is 0.193 e. The second-order valence-electron chi connectivity index (χ2n) is 6.04. The van der Waals surface area contributed by atoms with Crippen LogP contribution in [0.3, 0.4) is 0 Å². The minimum atomic E-state index is 0. The van der Waals surface area contributed by atoms with Gasteiger partial charge in [-0.25, -0.2) is 0 Å². The molecule has 0 saturated carbocycles. The largest absolute Gasteiger partial charge is 0.497 e. The van der Waals surface area contributed by atoms with Gasteiger partial charge in [-0.2, -0.15) is 0 Å². The predicted octanol–water partition coefficient (Wildman–Crippen LogP) is 4.05. The van der Waals surface area contributed by atoms with Crippen LogP contribution in [0, 0.1) is 0 Å². The minimum Gasteiger partial charge on any atom is -0.497 e. The summed E-state index contributed by atoms with van der Waals surface area (Å²) in [5.41, 5.74) is 2.55. The molecule has 0 radical (unpaired) electrons. The molecule has 0 saturated heterocycles. The number of nitrogens with one attached hydrogen (secondary N) is 1. The van der Waals surface area contributed by atoms with Crippen molar-refractivity contribution in [1.29, 1.82) is 0 Å². The number of aliphatic imine (C=N–C) groups is 1. The molecule has 26 heavy (non-hydrogen) atoms. The summed E-state index contributed by atoms with van der Waals surface area (Å²) in [6.45, 7) is 1.69. The molecule has 0 aliphatic carbocycles. The molecule has 0 bridgehead atoms. The van der Waals surface area contributed by atoms with Gasteiger partial charge in [-0.05, 0) is 52.5 Å². The summed E-state index contributed by atoms with van der Waals surface area (Å²) >= 11 is 3.52. The Hall–Kier alpha value is -1.22. The van der Waals surface area contributed by atoms with E-state index in [2.05, 4.69) is 74.2 Å². The number of hydrogen-bond donors (Lipinski definition) is 1. The van der Waals surface area contributed by atoms with Crippen molar-refractivity contribution in [2.24, 2.45) is 12.0 Å². The molecule has 5 nitrogen and oxygen atoms in total. The van der Waals surface area contributed by atoms with E-state index < -0.39 is 0 Å². The molecular formula is C19H28BrIN4O. The fourth-order valence-electron chi connectivity index (χ4n) is 2.71. The van der Waals surface area contributed by atoms with Crippen molar-refractivity contribution in [3.05, 3.63) is 52.3 Å². The normalized spacial score (nSPS) is 11.0. The lowest BCUT2D eigenvalue weighted by atomic mass is 10.1. The zero-order chi connectivity index (χ0) is 18.2. The Kier molecular flexibility index (Phi) is 10.1. The third-order valence-electron chi connectivity index (χ3n) is 4.13. The second-order valence-corrected chi connectivity index (χ2v) is 6.96. The molecule has 0 aliphatic heterocycles. The average Bonchev–Trinajstić information content (AvgIpc) is 2.92. The maximum atomic E-state index is 5.19. The van der Waals surface area contributed by atoms with Crippen LogP contribution in [0.5, 0.6) is 5.75 Å². The van der Waals surface area contributed by atoms with Crippen LogP contribution in [0.4, 0.5) is 0 Å². The van der Waals surface area contributed by atoms with Gasteiger partial charge in [0.05, 0.1) is 13.7 Å². The van der Waals surface area contributed by atoms with Gasteiger partial charge in [0, 0.05) is 44.1 Å². The molecule has 0 unspecified atom stereocenters. The molecule has 0 spiro atoms. The van der Waals surface area contributed by atoms with Crippen LogP contribution in [0.1, 0.15) is 17.7 Å². The van der Waals surface area contributed by atoms with Gasteiger partial charge in [-0.3, -0.25) is 4.99 Å². The highest BCUT2D eigenvalue weighted by Crippen LogP contribution is 2.15. The Bertz CT molecular complexity index is 700. The number of guanidine groups is 1. The number of rotatable bonds is 7. The number of hydrogen-bond acceptors (Lipinski definition) is 2. The van der Waals surface area contributed by atoms with E-state index in [-0.39, 0.29) is 24.0 Å². The van der Waals surface area contributed by atoms with Crippen molar-refractivity contribution in [1.82, 2.24) is 14.8 Å². The molecule has 2 rings (SSSR count). The van der Waals surface area contributed by atoms with E-state index in [1.165, 1.54) is 11.3 Å². The van der Waals surface area contributed by atoms with E-state index in [1.54, 1.807) is 7.11 Å². The monoisotopic (exact) mass is 534 g/mol. The van der Waals surface area contributed by atoms with Crippen molar-refractivity contribution in [3.63, 3.8) is 0 Å². The summed E-state index contributed by atoms with van der Waals surface area (Å²) < 4.78 is 8.41. The van der Waals surface area contributed by atoms with Crippen LogP contribution in [0.25, 0.3) is 0 Å². The first-order valence-electron chi connectivity index (χ1n) is 8.39. The summed E-state index contributed by atoms with van der Waals surface area (Å²) in [4.78, 5) is 6.52. The number of methoxy groups -OCH3 is 1. The van der Waals surface area contributed by atoms with Crippen molar-refractivity contribution >= 4 is 45.9 Å². The highest BCUT2D eigenvalue weighted by Gasteiger charge is 2.09. The molecule has 1 aromatic carbocycles. The van der Waals surface area contributed by atoms with Crippen LogP contribution in [0.2, 0.25) is 0 Å². The van der Waals surface area contributed by atoms with E-state index in [0.717, 1.165) is 42.1 Å². The fraction of sp³-hybridized carbons (Fsp3) is 0.421. The van der Waals surface area contributed by atoms with Crippen molar-refractivity contribution in [3.8, 4) is 5.75 Å². The van der Waals surface area contributed by atoms with Crippen LogP contribution in [-0.2, 0) is 20.0 Å². The standard InChI is InChI=1S/C19H27BrN4O.HI/c1-21-19(24(3)14-17-12-16(20)13-23(17)2)22-11-5-6-15-7-9-18(25-4)10-8-15;/h7-10,12-13H,5-6,11,14H2,1-4H3,(H,21,22);1H. The lowest BCUT2D eigenvalue weighted by molar-refractivity contribution is 0.414. The summed E-state index contributed by atoms with van der Waals surface area (Å²) in [7, 11) is 7.62. The topological polar surface area (TPSA) is 41.8 Å². The number of ether oxygens (including phenoxy) is 1. The summed E-state index contributed by atoms with van der Waals surface area (Å²) in [6.07, 6.45) is 4.14. The zero-order valence-electron chi connectivity index (χ0n) is 15.8. The van der Waals surface area contributed by atoms with Crippen LogP contribution >= 0.6 is 39.9 Å². The Labute approximate surface area is 182 Å². The van der Waals surface area contributed by atoms with Crippen LogP contribution in [0.15, 0.2) is 46.0 Å². The van der Waals surface area contributed by atoms with Gasteiger partial charge < -0.3 is 19.5 Å². The lowest BCUT2D eigenvalue weighted by Crippen LogP contribution is -2.39. The molecule has 1 heterocycles. The van der Waals surface area contributed by atoms with E-state index in [9.17, 15) is 0 Å². The average molecular weight is 535 g/mol. The van der Waals surface area contributed by atoms with Crippen molar-refractivity contribution in [2.75, 3.05) is 27.7 Å². The highest BCUT2D eigenvalue weighted by atomic mass is 127. The predicted molar refractivity (Wildman–Crippen MR) is 123 cm³/mol. The van der Waals surface area contributed by atoms with Gasteiger partial charge in [0.15, 0.2) is 5.96 Å². The Morgan fingerprint density at radius 2 is 2.00 bits per heavy atom. The summed E-state index contributed by atoms with van der Waals surface area (Å²) in [5.74, 6) is 1.81. The molecule has 1 aromatic heterocycles. The maximum Gasteiger partial charge on any atom is 0.193 e. The fourth-order valence-corrected chi connectivity index (χ4v) is 3.28. The van der Waals surface area contributed by atoms with Crippen molar-refractivity contribution in [2.45, 2.75) is 19.4 Å². The van der Waals surface area contributed by atoms with Gasteiger partial charge in [0.25, 0.3) is 0 Å². The highest BCUT2D eigenvalue weighted by molar-refractivity contribution is 14.0. The first kappa shape index (κ1) is 22.8. The molecular weight excluding hydrogens is 507 g/mol. The molecule has 1 N–H and O–H groups in total. The number of nitrogens with zero attached hydrogens (tertiary/aromatic N) is 3. The van der Waals surface area contributed by atoms with Gasteiger partial charge in [-0.15, -0.1) is 24.0 Å². The molecule has 0 fully saturated rings. The Balaban J connectivity index is 0.00000338. The minimum absolute atomic E-state index is 0. The maximum absolute atomic E-state index is 5.19. The lowest BCUT2D eigenvalue weighted by Gasteiger charge is -2.22. The molecule has 0 atom stereocenters. The first-order valence-corrected chi connectivity index (χ1v) is 9.18. The van der Waals surface area contributed by atoms with Gasteiger partial charge in [0.2, 0.25) is 0 Å². The summed E-state index contributed by atoms with van der Waals surface area (Å²) in [6, 6.07) is 10.4. The molecule has 0 aliphatic rings. The summed E-state index contributed by atoms with van der Waals surface area (Å²) in [5, 5.41) is 3.44.